The van der Waals surface area contributed by atoms with Crippen molar-refractivity contribution in [3.05, 3.63) is 66.1 Å². The molecule has 3 aromatic rings. The number of para-hydroxylation sites is 1. The predicted octanol–water partition coefficient (Wildman–Crippen LogP) is 2.84. The minimum absolute atomic E-state index is 0.331. The fraction of sp³-hybridized carbons (Fsp3) is 0.227. The lowest BCUT2D eigenvalue weighted by Crippen LogP contribution is -2.44. The van der Waals surface area contributed by atoms with Crippen molar-refractivity contribution in [2.45, 2.75) is 25.8 Å². The maximum Gasteiger partial charge on any atom is 0.325 e. The highest BCUT2D eigenvalue weighted by Gasteiger charge is 2.51. The second-order valence-electron chi connectivity index (χ2n) is 7.18. The molecule has 0 spiro atoms. The molecule has 1 unspecified atom stereocenters. The SMILES string of the molecule is CCC1(c2ccccc2)NC(=O)N(CC(=O)Nc2ccccc2-c2noc(C)n2)C1=O. The number of nitrogens with zero attached hydrogens (tertiary/aromatic N) is 3. The molecule has 0 bridgehead atoms. The second-order valence-corrected chi connectivity index (χ2v) is 7.18. The highest BCUT2D eigenvalue weighted by Crippen LogP contribution is 2.32. The van der Waals surface area contributed by atoms with Crippen LogP contribution < -0.4 is 10.6 Å². The van der Waals surface area contributed by atoms with Crippen LogP contribution in [0.25, 0.3) is 11.4 Å². The zero-order valence-electron chi connectivity index (χ0n) is 17.1. The van der Waals surface area contributed by atoms with Crippen molar-refractivity contribution in [1.82, 2.24) is 20.4 Å². The molecule has 0 saturated carbocycles. The van der Waals surface area contributed by atoms with Gasteiger partial charge in [-0.3, -0.25) is 14.5 Å². The van der Waals surface area contributed by atoms with Crippen LogP contribution in [-0.4, -0.2) is 39.4 Å². The summed E-state index contributed by atoms with van der Waals surface area (Å²) in [6, 6.07) is 15.4. The van der Waals surface area contributed by atoms with Gasteiger partial charge in [-0.25, -0.2) is 4.79 Å². The Morgan fingerprint density at radius 1 is 1.13 bits per heavy atom. The van der Waals surface area contributed by atoms with E-state index in [1.807, 2.05) is 13.0 Å². The first-order valence-corrected chi connectivity index (χ1v) is 9.84. The van der Waals surface area contributed by atoms with Gasteiger partial charge >= 0.3 is 6.03 Å². The number of imide groups is 1. The maximum atomic E-state index is 13.2. The van der Waals surface area contributed by atoms with Crippen LogP contribution in [0.1, 0.15) is 24.8 Å². The minimum Gasteiger partial charge on any atom is -0.339 e. The van der Waals surface area contributed by atoms with Crippen LogP contribution in [-0.2, 0) is 15.1 Å². The number of carbonyl (C=O) groups is 3. The monoisotopic (exact) mass is 419 g/mol. The summed E-state index contributed by atoms with van der Waals surface area (Å²) in [6.07, 6.45) is 0.361. The number of hydrogen-bond donors (Lipinski definition) is 2. The van der Waals surface area contributed by atoms with E-state index < -0.39 is 29.9 Å². The van der Waals surface area contributed by atoms with Gasteiger partial charge in [0.05, 0.1) is 5.69 Å². The van der Waals surface area contributed by atoms with E-state index in [1.54, 1.807) is 55.5 Å². The number of rotatable bonds is 6. The average Bonchev–Trinajstić information content (AvgIpc) is 3.31. The number of aromatic nitrogens is 2. The summed E-state index contributed by atoms with van der Waals surface area (Å²) < 4.78 is 5.01. The van der Waals surface area contributed by atoms with E-state index in [0.29, 0.717) is 35.0 Å². The van der Waals surface area contributed by atoms with Crippen molar-refractivity contribution in [2.75, 3.05) is 11.9 Å². The average molecular weight is 419 g/mol. The Kier molecular flexibility index (Phi) is 5.24. The topological polar surface area (TPSA) is 117 Å². The van der Waals surface area contributed by atoms with Crippen molar-refractivity contribution in [3.63, 3.8) is 0 Å². The Labute approximate surface area is 178 Å². The van der Waals surface area contributed by atoms with Crippen LogP contribution >= 0.6 is 0 Å². The first kappa shape index (κ1) is 20.3. The molecule has 1 fully saturated rings. The summed E-state index contributed by atoms with van der Waals surface area (Å²) >= 11 is 0. The van der Waals surface area contributed by atoms with Crippen LogP contribution in [0.4, 0.5) is 10.5 Å². The van der Waals surface area contributed by atoms with Crippen molar-refractivity contribution >= 4 is 23.5 Å². The van der Waals surface area contributed by atoms with Crippen LogP contribution in [0.2, 0.25) is 0 Å². The Bertz CT molecular complexity index is 1140. The van der Waals surface area contributed by atoms with Gasteiger partial charge in [0.1, 0.15) is 12.1 Å². The largest absolute Gasteiger partial charge is 0.339 e. The standard InChI is InChI=1S/C22H21N5O4/c1-3-22(15-9-5-4-6-10-15)20(29)27(21(30)25-22)13-18(28)24-17-12-8-7-11-16(17)19-23-14(2)31-26-19/h4-12H,3,13H2,1-2H3,(H,24,28)(H,25,30). The van der Waals surface area contributed by atoms with E-state index in [1.165, 1.54) is 0 Å². The van der Waals surface area contributed by atoms with Crippen LogP contribution in [0.3, 0.4) is 0 Å². The van der Waals surface area contributed by atoms with Crippen LogP contribution in [0.15, 0.2) is 59.1 Å². The highest BCUT2D eigenvalue weighted by atomic mass is 16.5. The number of benzene rings is 2. The van der Waals surface area contributed by atoms with Gasteiger partial charge in [-0.2, -0.15) is 4.98 Å². The number of amides is 4. The number of hydrogen-bond acceptors (Lipinski definition) is 6. The normalized spacial score (nSPS) is 18.2. The summed E-state index contributed by atoms with van der Waals surface area (Å²) in [6.45, 7) is 3.07. The number of anilines is 1. The Hall–Kier alpha value is -4.01. The van der Waals surface area contributed by atoms with Gasteiger partial charge in [0, 0.05) is 12.5 Å². The molecular weight excluding hydrogens is 398 g/mol. The quantitative estimate of drug-likeness (QED) is 0.593. The third-order valence-electron chi connectivity index (χ3n) is 5.24. The molecule has 2 N–H and O–H groups in total. The maximum absolute atomic E-state index is 13.2. The highest BCUT2D eigenvalue weighted by molar-refractivity contribution is 6.10. The molecule has 2 heterocycles. The van der Waals surface area contributed by atoms with E-state index in [2.05, 4.69) is 20.8 Å². The number of carbonyl (C=O) groups excluding carboxylic acids is 3. The lowest BCUT2D eigenvalue weighted by Gasteiger charge is -2.25. The molecule has 4 rings (SSSR count). The molecule has 0 radical (unpaired) electrons. The van der Waals surface area contributed by atoms with Gasteiger partial charge in [0.25, 0.3) is 5.91 Å². The number of urea groups is 1. The summed E-state index contributed by atoms with van der Waals surface area (Å²) in [5.74, 6) is -0.246. The molecule has 1 aliphatic heterocycles. The van der Waals surface area contributed by atoms with Crippen molar-refractivity contribution in [3.8, 4) is 11.4 Å². The molecule has 9 nitrogen and oxygen atoms in total. The predicted molar refractivity (Wildman–Crippen MR) is 112 cm³/mol. The van der Waals surface area contributed by atoms with Crippen molar-refractivity contribution in [1.29, 1.82) is 0 Å². The Morgan fingerprint density at radius 3 is 2.52 bits per heavy atom. The molecule has 1 aromatic heterocycles. The molecular formula is C22H21N5O4. The van der Waals surface area contributed by atoms with Crippen LogP contribution in [0.5, 0.6) is 0 Å². The molecule has 9 heteroatoms. The number of nitrogens with one attached hydrogen (secondary N) is 2. The first-order chi connectivity index (χ1) is 14.9. The first-order valence-electron chi connectivity index (χ1n) is 9.84. The van der Waals surface area contributed by atoms with Gasteiger partial charge < -0.3 is 15.2 Å². The molecule has 1 aliphatic rings. The Morgan fingerprint density at radius 2 is 1.84 bits per heavy atom. The lowest BCUT2D eigenvalue weighted by atomic mass is 9.87. The van der Waals surface area contributed by atoms with E-state index in [0.717, 1.165) is 4.90 Å². The van der Waals surface area contributed by atoms with Gasteiger partial charge in [-0.1, -0.05) is 54.5 Å². The fourth-order valence-electron chi connectivity index (χ4n) is 3.66. The van der Waals surface area contributed by atoms with E-state index in [-0.39, 0.29) is 0 Å². The summed E-state index contributed by atoms with van der Waals surface area (Å²) in [7, 11) is 0. The third-order valence-corrected chi connectivity index (χ3v) is 5.24. The fourth-order valence-corrected chi connectivity index (χ4v) is 3.66. The van der Waals surface area contributed by atoms with Gasteiger partial charge in [0.2, 0.25) is 17.6 Å². The summed E-state index contributed by atoms with van der Waals surface area (Å²) in [5.41, 5.74) is 0.512. The summed E-state index contributed by atoms with van der Waals surface area (Å²) in [4.78, 5) is 43.6. The molecule has 1 saturated heterocycles. The zero-order chi connectivity index (χ0) is 22.0. The molecule has 0 aliphatic carbocycles. The molecule has 4 amide bonds. The molecule has 31 heavy (non-hydrogen) atoms. The molecule has 2 aromatic carbocycles. The van der Waals surface area contributed by atoms with Gasteiger partial charge in [-0.05, 0) is 24.1 Å². The Balaban J connectivity index is 1.54. The number of aryl methyl sites for hydroxylation is 1. The van der Waals surface area contributed by atoms with Crippen molar-refractivity contribution in [2.24, 2.45) is 0 Å². The van der Waals surface area contributed by atoms with Crippen molar-refractivity contribution < 1.29 is 18.9 Å². The smallest absolute Gasteiger partial charge is 0.325 e. The third kappa shape index (κ3) is 3.65. The van der Waals surface area contributed by atoms with E-state index >= 15 is 0 Å². The zero-order valence-corrected chi connectivity index (χ0v) is 17.1. The van der Waals surface area contributed by atoms with E-state index in [4.69, 9.17) is 4.52 Å². The second kappa shape index (κ2) is 8.02. The van der Waals surface area contributed by atoms with Gasteiger partial charge in [0.15, 0.2) is 0 Å². The van der Waals surface area contributed by atoms with Gasteiger partial charge in [-0.15, -0.1) is 0 Å². The molecule has 158 valence electrons. The van der Waals surface area contributed by atoms with Crippen LogP contribution in [0, 0.1) is 6.92 Å². The minimum atomic E-state index is -1.18. The molecule has 1 atom stereocenters. The summed E-state index contributed by atoms with van der Waals surface area (Å²) in [5, 5.41) is 9.38. The van der Waals surface area contributed by atoms with E-state index in [9.17, 15) is 14.4 Å². The lowest BCUT2D eigenvalue weighted by molar-refractivity contribution is -0.134.